The number of benzene rings is 2. The average molecular weight is 999 g/mol. The van der Waals surface area contributed by atoms with Crippen molar-refractivity contribution >= 4 is 75.6 Å². The molecule has 348 valence electrons. The number of rotatable bonds is 12. The number of ether oxygens (including phenoxy) is 1. The Morgan fingerprint density at radius 2 is 1.68 bits per heavy atom. The summed E-state index contributed by atoms with van der Waals surface area (Å²) in [6.07, 6.45) is -9.55. The van der Waals surface area contributed by atoms with E-state index < -0.39 is 113 Å². The largest absolute Gasteiger partial charge is 0.435 e. The first-order valence-electron chi connectivity index (χ1n) is 19.0. The van der Waals surface area contributed by atoms with Gasteiger partial charge < -0.3 is 10.1 Å². The number of thioether (sulfide) groups is 1. The molecule has 2 atom stereocenters. The number of hydrogen-bond acceptors (Lipinski definition) is 8. The first kappa shape index (κ1) is 49.6. The number of hydrogen-bond donors (Lipinski definition) is 1. The monoisotopic (exact) mass is 997 g/mol. The highest BCUT2D eigenvalue weighted by Gasteiger charge is 2.53. The van der Waals surface area contributed by atoms with Gasteiger partial charge >= 0.3 is 18.4 Å². The molecule has 10 nitrogen and oxygen atoms in total. The number of nitrogens with one attached hydrogen (secondary N) is 1. The first-order chi connectivity index (χ1) is 30.3. The highest BCUT2D eigenvalue weighted by molar-refractivity contribution is 8.00. The molecule has 0 aliphatic heterocycles. The molecule has 2 amide bonds. The van der Waals surface area contributed by atoms with Crippen LogP contribution >= 0.6 is 46.9 Å². The topological polar surface area (TPSA) is 107 Å². The Balaban J connectivity index is 1.61. The SMILES string of the molecule is CSN(C(=O)OCCl)c1nn(CC(F)(F)F)c2c(-c3ccc(C#CC(C)(C)SC)nc3C(Cc3cc(F)cc(F)c3)NC(=O)Cn3nc(C(F)(F)F)c4c3C(F)(F)C[C@@H]4C)ccc(Cl)c12. The van der Waals surface area contributed by atoms with Crippen LogP contribution in [0.2, 0.25) is 5.02 Å². The van der Waals surface area contributed by atoms with Gasteiger partial charge in [0, 0.05) is 35.4 Å². The molecule has 1 unspecified atom stereocenters. The van der Waals surface area contributed by atoms with Gasteiger partial charge in [0.1, 0.15) is 36.1 Å². The zero-order chi connectivity index (χ0) is 48.0. The Kier molecular flexibility index (Phi) is 14.3. The van der Waals surface area contributed by atoms with Crippen LogP contribution in [0.15, 0.2) is 42.5 Å². The Morgan fingerprint density at radius 3 is 2.28 bits per heavy atom. The minimum atomic E-state index is -5.17. The summed E-state index contributed by atoms with van der Waals surface area (Å²) in [5, 5.41) is 9.69. The van der Waals surface area contributed by atoms with Crippen LogP contribution in [-0.4, -0.2) is 66.0 Å². The maximum absolute atomic E-state index is 15.3. The van der Waals surface area contributed by atoms with Crippen LogP contribution in [-0.2, 0) is 41.1 Å². The van der Waals surface area contributed by atoms with Gasteiger partial charge in [0.05, 0.1) is 32.4 Å². The van der Waals surface area contributed by atoms with Crippen molar-refractivity contribution in [3.05, 3.63) is 93.0 Å². The number of pyridine rings is 1. The average Bonchev–Trinajstić information content (AvgIpc) is 3.83. The van der Waals surface area contributed by atoms with E-state index in [1.807, 2.05) is 0 Å². The molecule has 0 bridgehead atoms. The lowest BCUT2D eigenvalue weighted by Gasteiger charge is -2.23. The predicted octanol–water partition coefficient (Wildman–Crippen LogP) is 11.4. The van der Waals surface area contributed by atoms with Crippen molar-refractivity contribution in [3.63, 3.8) is 0 Å². The van der Waals surface area contributed by atoms with E-state index in [1.54, 1.807) is 20.1 Å². The van der Waals surface area contributed by atoms with E-state index >= 15 is 8.78 Å². The van der Waals surface area contributed by atoms with E-state index in [4.69, 9.17) is 32.9 Å². The van der Waals surface area contributed by atoms with Crippen LogP contribution in [0.25, 0.3) is 22.0 Å². The van der Waals surface area contributed by atoms with E-state index in [1.165, 1.54) is 49.2 Å². The third-order valence-electron chi connectivity index (χ3n) is 10.1. The molecule has 1 aliphatic rings. The molecule has 2 aromatic carbocycles. The van der Waals surface area contributed by atoms with E-state index in [0.717, 1.165) is 16.4 Å². The minimum Gasteiger partial charge on any atom is -0.432 e. The van der Waals surface area contributed by atoms with E-state index in [2.05, 4.69) is 27.4 Å². The molecule has 24 heteroatoms. The molecule has 0 saturated carbocycles. The molecule has 5 aromatic rings. The predicted molar refractivity (Wildman–Crippen MR) is 227 cm³/mol. The van der Waals surface area contributed by atoms with Gasteiger partial charge in [0.2, 0.25) is 5.91 Å². The Labute approximate surface area is 382 Å². The molecule has 0 radical (unpaired) electrons. The fraction of sp³-hybridized carbons (Fsp3) is 0.390. The van der Waals surface area contributed by atoms with Crippen molar-refractivity contribution in [2.45, 2.75) is 81.7 Å². The fourth-order valence-electron chi connectivity index (χ4n) is 7.35. The van der Waals surface area contributed by atoms with Crippen molar-refractivity contribution < 1.29 is 58.2 Å². The maximum Gasteiger partial charge on any atom is 0.435 e. The van der Waals surface area contributed by atoms with Gasteiger partial charge in [-0.25, -0.2) is 18.6 Å². The maximum atomic E-state index is 15.3. The molecular formula is C41H35Cl2F10N7O3S2. The summed E-state index contributed by atoms with van der Waals surface area (Å²) in [5.74, 6) is -2.88. The smallest absolute Gasteiger partial charge is 0.432 e. The second-order valence-corrected chi connectivity index (χ2v) is 18.0. The number of carbonyl (C=O) groups excluding carboxylic acids is 2. The molecule has 6 rings (SSSR count). The number of carbonyl (C=O) groups is 2. The third kappa shape index (κ3) is 10.9. The molecule has 65 heavy (non-hydrogen) atoms. The van der Waals surface area contributed by atoms with Crippen molar-refractivity contribution in [3.8, 4) is 23.0 Å². The van der Waals surface area contributed by atoms with Crippen LogP contribution < -0.4 is 9.62 Å². The van der Waals surface area contributed by atoms with Crippen molar-refractivity contribution in [2.75, 3.05) is 22.9 Å². The molecule has 3 heterocycles. The van der Waals surface area contributed by atoms with Gasteiger partial charge in [-0.1, -0.05) is 42.1 Å². The summed E-state index contributed by atoms with van der Waals surface area (Å²) in [7, 11) is 0. The van der Waals surface area contributed by atoms with Gasteiger partial charge in [-0.3, -0.25) is 14.2 Å². The number of halogens is 12. The summed E-state index contributed by atoms with van der Waals surface area (Å²) in [6, 6.07) is 5.52. The lowest BCUT2D eigenvalue weighted by molar-refractivity contribution is -0.143. The third-order valence-corrected chi connectivity index (χ3v) is 12.3. The van der Waals surface area contributed by atoms with Crippen LogP contribution in [0.4, 0.5) is 54.5 Å². The van der Waals surface area contributed by atoms with Crippen LogP contribution in [0.1, 0.15) is 73.1 Å². The zero-order valence-electron chi connectivity index (χ0n) is 34.5. The summed E-state index contributed by atoms with van der Waals surface area (Å²) in [4.78, 5) is 31.8. The van der Waals surface area contributed by atoms with Crippen molar-refractivity contribution in [1.82, 2.24) is 29.9 Å². The zero-order valence-corrected chi connectivity index (χ0v) is 37.6. The quantitative estimate of drug-likeness (QED) is 0.0570. The summed E-state index contributed by atoms with van der Waals surface area (Å²) in [5.41, 5.74) is -4.27. The molecule has 0 saturated heterocycles. The molecular weight excluding hydrogens is 964 g/mol. The summed E-state index contributed by atoms with van der Waals surface area (Å²) >= 11 is 14.3. The van der Waals surface area contributed by atoms with E-state index in [0.29, 0.717) is 22.7 Å². The second kappa shape index (κ2) is 18.8. The minimum absolute atomic E-state index is 0.0240. The second-order valence-electron chi connectivity index (χ2n) is 15.2. The molecule has 0 fully saturated rings. The Morgan fingerprint density at radius 1 is 1.02 bits per heavy atom. The molecule has 0 spiro atoms. The Hall–Kier alpha value is -4.85. The first-order valence-corrected chi connectivity index (χ1v) is 22.3. The summed E-state index contributed by atoms with van der Waals surface area (Å²) < 4.78 is 151. The van der Waals surface area contributed by atoms with Crippen LogP contribution in [0.5, 0.6) is 0 Å². The highest BCUT2D eigenvalue weighted by Crippen LogP contribution is 2.52. The number of anilines is 1. The van der Waals surface area contributed by atoms with E-state index in [-0.39, 0.29) is 48.7 Å². The van der Waals surface area contributed by atoms with Gasteiger partial charge in [0.15, 0.2) is 17.6 Å². The standard InChI is InChI=1S/C41H35Cl2F10N7O3S2/c1-20-16-39(46,47)35-30(20)34(41(51,52)53)56-58(35)17-29(61)55-28(14-21-12-22(44)15-23(45)13-21)32-25(7-6-24(54-32)10-11-38(2,3)64-4)26-8-9-27(43)31-33(26)59(18-40(48,49)50)57-36(31)60(65-5)37(62)63-19-42/h6-9,12-13,15,20,28H,14,16-19H2,1-5H3,(H,55,61)/t20-,28?/m0/s1. The van der Waals surface area contributed by atoms with Crippen molar-refractivity contribution in [2.24, 2.45) is 0 Å². The highest BCUT2D eigenvalue weighted by atomic mass is 35.5. The Bertz CT molecular complexity index is 2700. The molecule has 3 aromatic heterocycles. The number of fused-ring (bicyclic) bond motifs is 2. The normalized spacial score (nSPS) is 15.4. The van der Waals surface area contributed by atoms with Crippen molar-refractivity contribution in [1.29, 1.82) is 0 Å². The van der Waals surface area contributed by atoms with E-state index in [9.17, 15) is 44.7 Å². The lowest BCUT2D eigenvalue weighted by atomic mass is 9.93. The number of nitrogens with zero attached hydrogens (tertiary/aromatic N) is 6. The van der Waals surface area contributed by atoms with Crippen LogP contribution in [0, 0.1) is 23.5 Å². The van der Waals surface area contributed by atoms with Gasteiger partial charge in [0.25, 0.3) is 5.92 Å². The van der Waals surface area contributed by atoms with Gasteiger partial charge in [-0.05, 0) is 86.2 Å². The molecule has 1 N–H and O–H groups in total. The number of alkyl halides is 9. The fourth-order valence-corrected chi connectivity index (χ4v) is 8.34. The molecule has 1 aliphatic carbocycles. The number of aromatic nitrogens is 5. The summed E-state index contributed by atoms with van der Waals surface area (Å²) in [6.45, 7) is 1.82. The van der Waals surface area contributed by atoms with Crippen LogP contribution in [0.3, 0.4) is 0 Å². The van der Waals surface area contributed by atoms with Gasteiger partial charge in [-0.15, -0.1) is 11.8 Å². The number of amides is 2. The van der Waals surface area contributed by atoms with Gasteiger partial charge in [-0.2, -0.15) is 49.6 Å². The lowest BCUT2D eigenvalue weighted by Crippen LogP contribution is -2.35.